The summed E-state index contributed by atoms with van der Waals surface area (Å²) in [6.45, 7) is 6.83. The molecule has 0 bridgehead atoms. The van der Waals surface area contributed by atoms with E-state index in [-0.39, 0.29) is 18.0 Å². The van der Waals surface area contributed by atoms with Crippen LogP contribution in [0.1, 0.15) is 19.4 Å². The summed E-state index contributed by atoms with van der Waals surface area (Å²) in [5.41, 5.74) is 0.503. The number of rotatable bonds is 4. The Balaban J connectivity index is 1.88. The fourth-order valence-corrected chi connectivity index (χ4v) is 2.54. The largest absolute Gasteiger partial charge is 0.298 e. The molecule has 1 aliphatic rings. The van der Waals surface area contributed by atoms with E-state index < -0.39 is 0 Å². The van der Waals surface area contributed by atoms with Crippen LogP contribution < -0.4 is 0 Å². The lowest BCUT2D eigenvalue weighted by Crippen LogP contribution is -2.29. The number of nitrogens with zero attached hydrogens (tertiary/aromatic N) is 1. The van der Waals surface area contributed by atoms with Crippen LogP contribution in [0.5, 0.6) is 0 Å². The molecule has 98 valence electrons. The smallest absolute Gasteiger partial charge is 0.151 e. The molecule has 2 nitrogen and oxygen atoms in total. The van der Waals surface area contributed by atoms with E-state index in [0.717, 1.165) is 13.1 Å². The lowest BCUT2D eigenvalue weighted by molar-refractivity contribution is -0.119. The summed E-state index contributed by atoms with van der Waals surface area (Å²) >= 11 is 0. The molecule has 0 N–H and O–H groups in total. The molecule has 0 aliphatic carbocycles. The summed E-state index contributed by atoms with van der Waals surface area (Å²) in [7, 11) is 0. The Morgan fingerprint density at radius 3 is 2.50 bits per heavy atom. The molecule has 1 aromatic carbocycles. The van der Waals surface area contributed by atoms with Crippen molar-refractivity contribution in [1.82, 2.24) is 4.90 Å². The molecule has 0 spiro atoms. The Kier molecular flexibility index (Phi) is 4.12. The van der Waals surface area contributed by atoms with Gasteiger partial charge in [0.15, 0.2) is 5.78 Å². The van der Waals surface area contributed by atoms with E-state index in [1.165, 1.54) is 6.07 Å². The van der Waals surface area contributed by atoms with E-state index in [1.54, 1.807) is 18.2 Å². The number of hydrogen-bond donors (Lipinski definition) is 0. The van der Waals surface area contributed by atoms with Gasteiger partial charge in [-0.15, -0.1) is 0 Å². The van der Waals surface area contributed by atoms with Crippen LogP contribution in [-0.2, 0) is 11.2 Å². The Morgan fingerprint density at radius 2 is 1.89 bits per heavy atom. The van der Waals surface area contributed by atoms with Gasteiger partial charge in [0.25, 0.3) is 0 Å². The van der Waals surface area contributed by atoms with Crippen molar-refractivity contribution in [3.63, 3.8) is 0 Å². The van der Waals surface area contributed by atoms with Gasteiger partial charge >= 0.3 is 0 Å². The van der Waals surface area contributed by atoms with Crippen molar-refractivity contribution in [1.29, 1.82) is 0 Å². The predicted molar refractivity (Wildman–Crippen MR) is 69.9 cm³/mol. The van der Waals surface area contributed by atoms with E-state index in [2.05, 4.69) is 18.7 Å². The Bertz CT molecular complexity index is 422. The van der Waals surface area contributed by atoms with Crippen molar-refractivity contribution < 1.29 is 9.18 Å². The summed E-state index contributed by atoms with van der Waals surface area (Å²) in [5, 5.41) is 0. The topological polar surface area (TPSA) is 20.3 Å². The second-order valence-corrected chi connectivity index (χ2v) is 5.46. The minimum atomic E-state index is -0.283. The molecule has 0 radical (unpaired) electrons. The molecule has 0 saturated carbocycles. The molecule has 1 heterocycles. The van der Waals surface area contributed by atoms with Crippen LogP contribution in [0.15, 0.2) is 24.3 Å². The van der Waals surface area contributed by atoms with E-state index in [0.29, 0.717) is 23.9 Å². The van der Waals surface area contributed by atoms with Crippen molar-refractivity contribution in [3.8, 4) is 0 Å². The summed E-state index contributed by atoms with van der Waals surface area (Å²) in [4.78, 5) is 14.1. The molecule has 1 fully saturated rings. The highest BCUT2D eigenvalue weighted by Crippen LogP contribution is 2.21. The standard InChI is InChI=1S/C15H20FNO/c1-11-8-17(9-12(11)2)10-14(18)7-13-5-3-4-6-15(13)16/h3-6,11-12H,7-10H2,1-2H3. The second-order valence-electron chi connectivity index (χ2n) is 5.46. The zero-order valence-electron chi connectivity index (χ0n) is 11.0. The van der Waals surface area contributed by atoms with Crippen LogP contribution in [0.2, 0.25) is 0 Å². The van der Waals surface area contributed by atoms with E-state index in [1.807, 2.05) is 0 Å². The summed E-state index contributed by atoms with van der Waals surface area (Å²) in [6, 6.07) is 6.50. The third kappa shape index (κ3) is 3.16. The van der Waals surface area contributed by atoms with Crippen molar-refractivity contribution in [2.75, 3.05) is 19.6 Å². The van der Waals surface area contributed by atoms with Gasteiger partial charge < -0.3 is 0 Å². The van der Waals surface area contributed by atoms with Gasteiger partial charge in [0.2, 0.25) is 0 Å². The molecular formula is C15H20FNO. The number of Topliss-reactive ketones (excluding diaryl/α,β-unsaturated/α-hetero) is 1. The number of hydrogen-bond acceptors (Lipinski definition) is 2. The van der Waals surface area contributed by atoms with Gasteiger partial charge in [-0.3, -0.25) is 9.69 Å². The Labute approximate surface area is 108 Å². The van der Waals surface area contributed by atoms with Gasteiger partial charge in [0.05, 0.1) is 6.54 Å². The van der Waals surface area contributed by atoms with Crippen molar-refractivity contribution in [2.24, 2.45) is 11.8 Å². The number of benzene rings is 1. The highest BCUT2D eigenvalue weighted by molar-refractivity contribution is 5.82. The number of ketones is 1. The maximum Gasteiger partial charge on any atom is 0.151 e. The molecule has 1 aromatic rings. The zero-order chi connectivity index (χ0) is 13.1. The summed E-state index contributed by atoms with van der Waals surface area (Å²) < 4.78 is 13.4. The van der Waals surface area contributed by atoms with E-state index in [4.69, 9.17) is 0 Å². The Hall–Kier alpha value is -1.22. The molecule has 2 atom stereocenters. The molecule has 18 heavy (non-hydrogen) atoms. The van der Waals surface area contributed by atoms with Gasteiger partial charge in [0.1, 0.15) is 5.82 Å². The SMILES string of the molecule is CC1CN(CC(=O)Cc2ccccc2F)CC1C. The van der Waals surface area contributed by atoms with Gasteiger partial charge in [-0.1, -0.05) is 32.0 Å². The average molecular weight is 249 g/mol. The van der Waals surface area contributed by atoms with Gasteiger partial charge in [-0.05, 0) is 23.5 Å². The third-order valence-corrected chi connectivity index (χ3v) is 3.81. The molecular weight excluding hydrogens is 229 g/mol. The molecule has 2 rings (SSSR count). The molecule has 2 unspecified atom stereocenters. The van der Waals surface area contributed by atoms with Crippen LogP contribution in [0.4, 0.5) is 4.39 Å². The number of carbonyl (C=O) groups is 1. The van der Waals surface area contributed by atoms with Crippen LogP contribution in [0.25, 0.3) is 0 Å². The fraction of sp³-hybridized carbons (Fsp3) is 0.533. The molecule has 1 aliphatic heterocycles. The molecule has 3 heteroatoms. The zero-order valence-corrected chi connectivity index (χ0v) is 11.0. The predicted octanol–water partition coefficient (Wildman–Crippen LogP) is 2.53. The van der Waals surface area contributed by atoms with Gasteiger partial charge in [0, 0.05) is 19.5 Å². The van der Waals surface area contributed by atoms with E-state index in [9.17, 15) is 9.18 Å². The van der Waals surface area contributed by atoms with Crippen molar-refractivity contribution >= 4 is 5.78 Å². The second kappa shape index (κ2) is 5.61. The van der Waals surface area contributed by atoms with Gasteiger partial charge in [-0.25, -0.2) is 4.39 Å². The van der Waals surface area contributed by atoms with Gasteiger partial charge in [-0.2, -0.15) is 0 Å². The highest BCUT2D eigenvalue weighted by atomic mass is 19.1. The average Bonchev–Trinajstić information content (AvgIpc) is 2.61. The maximum absolute atomic E-state index is 13.4. The fourth-order valence-electron chi connectivity index (χ4n) is 2.54. The lowest BCUT2D eigenvalue weighted by Gasteiger charge is -2.14. The molecule has 0 aromatic heterocycles. The minimum Gasteiger partial charge on any atom is -0.298 e. The maximum atomic E-state index is 13.4. The Morgan fingerprint density at radius 1 is 1.28 bits per heavy atom. The van der Waals surface area contributed by atoms with Crippen LogP contribution >= 0.6 is 0 Å². The number of halogens is 1. The normalized spacial score (nSPS) is 24.4. The first-order valence-electron chi connectivity index (χ1n) is 6.53. The quantitative estimate of drug-likeness (QED) is 0.817. The first kappa shape index (κ1) is 13.2. The molecule has 1 saturated heterocycles. The van der Waals surface area contributed by atoms with Crippen LogP contribution in [-0.4, -0.2) is 30.3 Å². The monoisotopic (exact) mass is 249 g/mol. The first-order valence-corrected chi connectivity index (χ1v) is 6.53. The highest BCUT2D eigenvalue weighted by Gasteiger charge is 2.27. The van der Waals surface area contributed by atoms with Crippen LogP contribution in [0.3, 0.4) is 0 Å². The van der Waals surface area contributed by atoms with E-state index >= 15 is 0 Å². The van der Waals surface area contributed by atoms with Crippen molar-refractivity contribution in [2.45, 2.75) is 20.3 Å². The number of likely N-dealkylation sites (tertiary alicyclic amines) is 1. The summed E-state index contributed by atoms with van der Waals surface area (Å²) in [6.07, 6.45) is 0.200. The minimum absolute atomic E-state index is 0.0985. The molecule has 0 amide bonds. The van der Waals surface area contributed by atoms with Crippen molar-refractivity contribution in [3.05, 3.63) is 35.6 Å². The number of carbonyl (C=O) groups excluding carboxylic acids is 1. The third-order valence-electron chi connectivity index (χ3n) is 3.81. The summed E-state index contributed by atoms with van der Waals surface area (Å²) in [5.74, 6) is 1.10. The lowest BCUT2D eigenvalue weighted by atomic mass is 10.0. The van der Waals surface area contributed by atoms with Crippen LogP contribution in [0, 0.1) is 17.7 Å². The first-order chi connectivity index (χ1) is 8.56.